The summed E-state index contributed by atoms with van der Waals surface area (Å²) < 4.78 is 36.3. The molecule has 2 fully saturated rings. The number of amides is 2. The molecule has 2 aliphatic heterocycles. The van der Waals surface area contributed by atoms with E-state index in [0.717, 1.165) is 28.7 Å². The summed E-state index contributed by atoms with van der Waals surface area (Å²) in [4.78, 5) is 29.2. The number of allylic oxidation sites excluding steroid dienone is 1. The number of carbonyl (C=O) groups is 2. The number of rotatable bonds is 7. The lowest BCUT2D eigenvalue weighted by atomic mass is 9.71. The number of nitrogens with zero attached hydrogens (tertiary/aromatic N) is 2. The van der Waals surface area contributed by atoms with Crippen LogP contribution in [0.2, 0.25) is 0 Å². The van der Waals surface area contributed by atoms with Crippen molar-refractivity contribution < 1.29 is 22.7 Å². The zero-order valence-electron chi connectivity index (χ0n) is 23.5. The van der Waals surface area contributed by atoms with E-state index in [9.17, 15) is 18.0 Å². The average molecular weight is 571 g/mol. The number of carbonyl (C=O) groups excluding carboxylic acids is 2. The second kappa shape index (κ2) is 10.6. The number of sulfonamides is 1. The lowest BCUT2D eigenvalue weighted by Crippen LogP contribution is -2.35. The molecule has 0 radical (unpaired) electrons. The second-order valence-electron chi connectivity index (χ2n) is 11.0. The predicted molar refractivity (Wildman–Crippen MR) is 156 cm³/mol. The number of hydrogen-bond donors (Lipinski definition) is 0. The Labute approximate surface area is 241 Å². The van der Waals surface area contributed by atoms with E-state index in [1.807, 2.05) is 44.2 Å². The Morgan fingerprint density at radius 2 is 1.54 bits per heavy atom. The van der Waals surface area contributed by atoms with Gasteiger partial charge in [0.25, 0.3) is 0 Å². The maximum absolute atomic E-state index is 14.3. The Hall–Kier alpha value is -3.75. The summed E-state index contributed by atoms with van der Waals surface area (Å²) in [6.45, 7) is 6.34. The van der Waals surface area contributed by atoms with Crippen molar-refractivity contribution in [1.29, 1.82) is 0 Å². The minimum atomic E-state index is -3.96. The Morgan fingerprint density at radius 1 is 0.854 bits per heavy atom. The Kier molecular flexibility index (Phi) is 7.08. The van der Waals surface area contributed by atoms with Gasteiger partial charge in [0, 0.05) is 18.9 Å². The molecule has 212 valence electrons. The summed E-state index contributed by atoms with van der Waals surface area (Å²) >= 11 is 0. The maximum Gasteiger partial charge on any atom is 0.243 e. The van der Waals surface area contributed by atoms with Crippen molar-refractivity contribution in [3.63, 3.8) is 0 Å². The first kappa shape index (κ1) is 27.4. The number of hydrogen-bond acceptors (Lipinski definition) is 5. The first-order chi connectivity index (χ1) is 19.8. The SMILES string of the molecule is CCOC1=C2[C@@H](CN(S(=O)(=O)c3ccc(C)cc3)[C@H]2c2ccc(CC)cc2)[C@H]2C(=O)N(c3ccccc3)C(=O)[C@H]2C1. The standard InChI is InChI=1S/C33H34N2O5S/c1-4-22-13-15-23(16-14-22)31-30-27(20-34(31)41(38,39)25-17-11-21(3)12-18-25)29-26(19-28(30)40-5-2)32(36)35(33(29)37)24-9-7-6-8-10-24/h6-18,26-27,29,31H,4-5,19-20H2,1-3H3/t26-,27-,29-,31-/m0/s1. The van der Waals surface area contributed by atoms with Crippen LogP contribution in [0, 0.1) is 24.7 Å². The van der Waals surface area contributed by atoms with Crippen LogP contribution in [0.5, 0.6) is 0 Å². The molecule has 8 heteroatoms. The molecule has 2 saturated heterocycles. The number of fused-ring (bicyclic) bond motifs is 3. The third-order valence-corrected chi connectivity index (χ3v) is 10.5. The van der Waals surface area contributed by atoms with Gasteiger partial charge in [0.2, 0.25) is 21.8 Å². The van der Waals surface area contributed by atoms with Crippen LogP contribution in [0.1, 0.15) is 43.0 Å². The predicted octanol–water partition coefficient (Wildman–Crippen LogP) is 5.42. The number of ether oxygens (including phenoxy) is 1. The fraction of sp³-hybridized carbons (Fsp3) is 0.333. The Balaban J connectivity index is 1.51. The van der Waals surface area contributed by atoms with Crippen molar-refractivity contribution in [2.45, 2.75) is 44.6 Å². The smallest absolute Gasteiger partial charge is 0.243 e. The summed E-state index contributed by atoms with van der Waals surface area (Å²) in [7, 11) is -3.96. The summed E-state index contributed by atoms with van der Waals surface area (Å²) in [5.74, 6) is -1.68. The molecule has 2 amide bonds. The van der Waals surface area contributed by atoms with Crippen molar-refractivity contribution in [2.24, 2.45) is 17.8 Å². The van der Waals surface area contributed by atoms with Crippen LogP contribution in [0.15, 0.2) is 95.1 Å². The molecule has 41 heavy (non-hydrogen) atoms. The van der Waals surface area contributed by atoms with E-state index in [1.54, 1.807) is 48.5 Å². The van der Waals surface area contributed by atoms with Crippen LogP contribution >= 0.6 is 0 Å². The van der Waals surface area contributed by atoms with E-state index < -0.39 is 33.8 Å². The summed E-state index contributed by atoms with van der Waals surface area (Å²) in [6.07, 6.45) is 1.13. The number of imide groups is 1. The molecule has 7 nitrogen and oxygen atoms in total. The molecule has 4 atom stereocenters. The molecule has 3 aromatic rings. The summed E-state index contributed by atoms with van der Waals surface area (Å²) in [5.41, 5.74) is 4.26. The molecule has 3 aromatic carbocycles. The van der Waals surface area contributed by atoms with Crippen LogP contribution in [0.25, 0.3) is 0 Å². The van der Waals surface area contributed by atoms with E-state index in [2.05, 4.69) is 6.92 Å². The minimum Gasteiger partial charge on any atom is -0.498 e. The van der Waals surface area contributed by atoms with Gasteiger partial charge in [-0.1, -0.05) is 67.1 Å². The molecule has 1 aliphatic carbocycles. The van der Waals surface area contributed by atoms with E-state index in [1.165, 1.54) is 9.21 Å². The van der Waals surface area contributed by atoms with Crippen molar-refractivity contribution in [3.8, 4) is 0 Å². The third kappa shape index (κ3) is 4.50. The van der Waals surface area contributed by atoms with E-state index in [0.29, 0.717) is 18.1 Å². The normalized spacial score (nSPS) is 24.5. The van der Waals surface area contributed by atoms with Gasteiger partial charge in [-0.2, -0.15) is 4.31 Å². The van der Waals surface area contributed by atoms with Gasteiger partial charge in [0.05, 0.1) is 40.8 Å². The Morgan fingerprint density at radius 3 is 2.17 bits per heavy atom. The molecule has 0 spiro atoms. The highest BCUT2D eigenvalue weighted by molar-refractivity contribution is 7.89. The first-order valence-electron chi connectivity index (χ1n) is 14.2. The van der Waals surface area contributed by atoms with E-state index >= 15 is 0 Å². The zero-order chi connectivity index (χ0) is 28.9. The van der Waals surface area contributed by atoms with Gasteiger partial charge in [-0.15, -0.1) is 0 Å². The molecule has 0 N–H and O–H groups in total. The van der Waals surface area contributed by atoms with Crippen LogP contribution in [0.4, 0.5) is 5.69 Å². The largest absolute Gasteiger partial charge is 0.498 e. The number of anilines is 1. The third-order valence-electron chi connectivity index (χ3n) is 8.66. The van der Waals surface area contributed by atoms with Gasteiger partial charge in [0.1, 0.15) is 0 Å². The minimum absolute atomic E-state index is 0.0884. The van der Waals surface area contributed by atoms with Gasteiger partial charge in [-0.05, 0) is 61.2 Å². The molecule has 0 unspecified atom stereocenters. The van der Waals surface area contributed by atoms with Gasteiger partial charge in [-0.25, -0.2) is 8.42 Å². The van der Waals surface area contributed by atoms with Crippen molar-refractivity contribution in [1.82, 2.24) is 4.31 Å². The van der Waals surface area contributed by atoms with Crippen LogP contribution in [0.3, 0.4) is 0 Å². The molecule has 0 aromatic heterocycles. The molecular formula is C33H34N2O5S. The van der Waals surface area contributed by atoms with Crippen molar-refractivity contribution in [2.75, 3.05) is 18.1 Å². The number of aryl methyl sites for hydroxylation is 2. The van der Waals surface area contributed by atoms with Crippen LogP contribution in [-0.4, -0.2) is 37.7 Å². The van der Waals surface area contributed by atoms with E-state index in [-0.39, 0.29) is 29.7 Å². The highest BCUT2D eigenvalue weighted by Gasteiger charge is 2.60. The number of benzene rings is 3. The molecule has 6 rings (SSSR count). The average Bonchev–Trinajstić information content (AvgIpc) is 3.50. The maximum atomic E-state index is 14.3. The lowest BCUT2D eigenvalue weighted by Gasteiger charge is -2.32. The van der Waals surface area contributed by atoms with Gasteiger partial charge >= 0.3 is 0 Å². The highest BCUT2D eigenvalue weighted by Crippen LogP contribution is 2.55. The monoisotopic (exact) mass is 570 g/mol. The van der Waals surface area contributed by atoms with Gasteiger partial charge in [0.15, 0.2) is 0 Å². The lowest BCUT2D eigenvalue weighted by molar-refractivity contribution is -0.122. The Bertz CT molecular complexity index is 1610. The van der Waals surface area contributed by atoms with E-state index in [4.69, 9.17) is 4.74 Å². The van der Waals surface area contributed by atoms with Crippen LogP contribution < -0.4 is 4.90 Å². The van der Waals surface area contributed by atoms with Crippen molar-refractivity contribution >= 4 is 27.5 Å². The fourth-order valence-corrected chi connectivity index (χ4v) is 8.29. The summed E-state index contributed by atoms with van der Waals surface area (Å²) in [6, 6.07) is 23.1. The molecular weight excluding hydrogens is 536 g/mol. The molecule has 0 saturated carbocycles. The second-order valence-corrected chi connectivity index (χ2v) is 12.9. The first-order valence-corrected chi connectivity index (χ1v) is 15.7. The summed E-state index contributed by atoms with van der Waals surface area (Å²) in [5, 5.41) is 0. The zero-order valence-corrected chi connectivity index (χ0v) is 24.3. The molecule has 0 bridgehead atoms. The van der Waals surface area contributed by atoms with Gasteiger partial charge in [-0.3, -0.25) is 14.5 Å². The fourth-order valence-electron chi connectivity index (χ4n) is 6.67. The highest BCUT2D eigenvalue weighted by atomic mass is 32.2. The molecule has 3 aliphatic rings. The van der Waals surface area contributed by atoms with Gasteiger partial charge < -0.3 is 4.74 Å². The number of para-hydroxylation sites is 1. The quantitative estimate of drug-likeness (QED) is 0.354. The molecule has 2 heterocycles. The van der Waals surface area contributed by atoms with Crippen molar-refractivity contribution in [3.05, 3.63) is 107 Å². The van der Waals surface area contributed by atoms with Crippen LogP contribution in [-0.2, 0) is 30.8 Å². The topological polar surface area (TPSA) is 84.0 Å².